The van der Waals surface area contributed by atoms with E-state index in [9.17, 15) is 43.1 Å². The van der Waals surface area contributed by atoms with Gasteiger partial charge in [-0.3, -0.25) is 43.4 Å². The lowest BCUT2D eigenvalue weighted by Crippen LogP contribution is -2.44. The molecular weight excluding hydrogens is 908 g/mol. The lowest BCUT2D eigenvalue weighted by molar-refractivity contribution is -0.139. The number of hydrogen-bond acceptors (Lipinski definition) is 14. The van der Waals surface area contributed by atoms with E-state index in [0.29, 0.717) is 28.4 Å². The molecule has 4 heterocycles. The van der Waals surface area contributed by atoms with Gasteiger partial charge < -0.3 is 34.9 Å². The van der Waals surface area contributed by atoms with Gasteiger partial charge in [-0.1, -0.05) is 22.0 Å². The van der Waals surface area contributed by atoms with Crippen LogP contribution in [0.5, 0.6) is 0 Å². The number of benzene rings is 2. The number of rotatable bonds is 13. The molecule has 2 aromatic carbocycles. The van der Waals surface area contributed by atoms with Gasteiger partial charge in [0.1, 0.15) is 24.7 Å². The number of fused-ring (bicyclic) bond motifs is 1. The van der Waals surface area contributed by atoms with Crippen LogP contribution in [0.2, 0.25) is 0 Å². The summed E-state index contributed by atoms with van der Waals surface area (Å²) in [6.07, 6.45) is 3.46. The minimum Gasteiger partial charge on any atom is -0.389 e. The van der Waals surface area contributed by atoms with Crippen molar-refractivity contribution < 1.29 is 47.8 Å². The number of carbonyl (C=O) groups excluding carboxylic acids is 3. The zero-order valence-electron chi connectivity index (χ0n) is 33.4. The van der Waals surface area contributed by atoms with Gasteiger partial charge in [-0.2, -0.15) is 0 Å². The van der Waals surface area contributed by atoms with Crippen LogP contribution in [0, 0.1) is 5.92 Å². The molecule has 1 aliphatic rings. The largest absolute Gasteiger partial charge is 0.389 e. The lowest BCUT2D eigenvalue weighted by Gasteiger charge is -2.32. The number of aromatic nitrogens is 4. The number of ether oxygens (including phenoxy) is 1. The molecule has 1 amide bonds. The highest BCUT2D eigenvalue weighted by atomic mass is 79.9. The molecule has 0 saturated carbocycles. The Bertz CT molecular complexity index is 2400. The number of nitrogens with one attached hydrogen (secondary N) is 2. The Labute approximate surface area is 365 Å². The van der Waals surface area contributed by atoms with E-state index in [0.717, 1.165) is 15.5 Å². The zero-order valence-corrected chi connectivity index (χ0v) is 36.7. The summed E-state index contributed by atoms with van der Waals surface area (Å²) in [5.41, 5.74) is 2.87. The van der Waals surface area contributed by atoms with Crippen LogP contribution in [-0.4, -0.2) is 130 Å². The molecule has 22 heteroatoms. The van der Waals surface area contributed by atoms with Gasteiger partial charge in [-0.25, -0.2) is 14.8 Å². The van der Waals surface area contributed by atoms with Gasteiger partial charge >= 0.3 is 27.1 Å². The minimum absolute atomic E-state index is 0.0814. The van der Waals surface area contributed by atoms with Crippen LogP contribution in [0.3, 0.4) is 0 Å². The molecule has 0 radical (unpaired) electrons. The van der Waals surface area contributed by atoms with Crippen molar-refractivity contribution in [3.63, 3.8) is 0 Å². The average Bonchev–Trinajstić information content (AvgIpc) is 3.22. The fourth-order valence-corrected chi connectivity index (χ4v) is 8.77. The summed E-state index contributed by atoms with van der Waals surface area (Å²) < 4.78 is 30.6. The smallest absolute Gasteiger partial charge is 0.345 e. The second kappa shape index (κ2) is 21.5. The number of halogens is 1. The van der Waals surface area contributed by atoms with Crippen LogP contribution in [-0.2, 0) is 23.5 Å². The van der Waals surface area contributed by atoms with Gasteiger partial charge in [0, 0.05) is 66.2 Å². The highest BCUT2D eigenvalue weighted by Gasteiger charge is 2.27. The molecule has 19 nitrogen and oxygen atoms in total. The fraction of sp³-hybridized carbons (Fsp3) is 0.325. The molecule has 1 aliphatic heterocycles. The number of nitrogens with zero attached hydrogens (tertiary/aromatic N) is 7. The van der Waals surface area contributed by atoms with Crippen LogP contribution < -0.4 is 10.6 Å². The van der Waals surface area contributed by atoms with Gasteiger partial charge in [0.05, 0.1) is 29.0 Å². The van der Waals surface area contributed by atoms with Crippen LogP contribution in [0.15, 0.2) is 96.0 Å². The quantitative estimate of drug-likeness (QED) is 0.0521. The van der Waals surface area contributed by atoms with Crippen LogP contribution >= 0.6 is 31.1 Å². The second-order valence-electron chi connectivity index (χ2n) is 14.8. The standard InChI is InChI=1S/C40H46BrN9O10P2/c41-30-4-6-31(7-5-30)47-39-33-9-8-32(23-35(33)44-25-45-39)46-37(51)24-48-17-19-49(26-61(54,55)56)15-11-28(12-16-50(20-18-48)27-62(57,58)59)21-38(52)60-40(53)29-10-14-43-36(22-29)34-3-1-2-13-42-34/h1-10,13-14,22-23,25,28H,11-12,15-21,24,26-27H2,(H,46,51)(H,44,45,47)(H2,54,55,56)(H2,57,58,59). The van der Waals surface area contributed by atoms with Gasteiger partial charge in [0.25, 0.3) is 0 Å². The van der Waals surface area contributed by atoms with Crippen molar-refractivity contribution >= 4 is 77.1 Å². The fourth-order valence-electron chi connectivity index (χ4n) is 6.90. The number of pyridine rings is 2. The number of amides is 1. The average molecular weight is 955 g/mol. The molecule has 0 atom stereocenters. The summed E-state index contributed by atoms with van der Waals surface area (Å²) in [5.74, 6) is -2.04. The van der Waals surface area contributed by atoms with E-state index in [2.05, 4.69) is 46.5 Å². The van der Waals surface area contributed by atoms with E-state index >= 15 is 0 Å². The second-order valence-corrected chi connectivity index (χ2v) is 19.0. The van der Waals surface area contributed by atoms with E-state index in [-0.39, 0.29) is 70.6 Å². The summed E-state index contributed by atoms with van der Waals surface area (Å²) in [4.78, 5) is 102. The first-order valence-electron chi connectivity index (χ1n) is 19.5. The van der Waals surface area contributed by atoms with Gasteiger partial charge in [0.2, 0.25) is 5.91 Å². The Morgan fingerprint density at radius 3 is 2.02 bits per heavy atom. The third-order valence-electron chi connectivity index (χ3n) is 9.92. The predicted molar refractivity (Wildman–Crippen MR) is 234 cm³/mol. The Morgan fingerprint density at radius 2 is 1.37 bits per heavy atom. The molecule has 0 bridgehead atoms. The zero-order chi connectivity index (χ0) is 44.3. The molecular formula is C40H46BrN9O10P2. The van der Waals surface area contributed by atoms with Crippen molar-refractivity contribution in [2.45, 2.75) is 19.3 Å². The van der Waals surface area contributed by atoms with Crippen molar-refractivity contribution in [1.29, 1.82) is 0 Å². The molecule has 328 valence electrons. The molecule has 6 rings (SSSR count). The highest BCUT2D eigenvalue weighted by molar-refractivity contribution is 9.10. The van der Waals surface area contributed by atoms with Crippen molar-refractivity contribution in [3.8, 4) is 11.4 Å². The maximum atomic E-state index is 13.5. The highest BCUT2D eigenvalue weighted by Crippen LogP contribution is 2.37. The molecule has 62 heavy (non-hydrogen) atoms. The lowest BCUT2D eigenvalue weighted by atomic mass is 9.96. The first-order valence-corrected chi connectivity index (χ1v) is 23.9. The van der Waals surface area contributed by atoms with Crippen LogP contribution in [0.1, 0.15) is 29.6 Å². The molecule has 1 saturated heterocycles. The maximum absolute atomic E-state index is 13.5. The summed E-state index contributed by atoms with van der Waals surface area (Å²) in [7, 11) is -9.08. The van der Waals surface area contributed by atoms with E-state index in [1.807, 2.05) is 24.3 Å². The van der Waals surface area contributed by atoms with Gasteiger partial charge in [-0.15, -0.1) is 0 Å². The van der Waals surface area contributed by atoms with E-state index in [1.165, 1.54) is 24.7 Å². The summed E-state index contributed by atoms with van der Waals surface area (Å²) >= 11 is 3.42. The molecule has 0 unspecified atom stereocenters. The Kier molecular flexibility index (Phi) is 16.2. The normalized spacial score (nSPS) is 15.6. The van der Waals surface area contributed by atoms with Crippen molar-refractivity contribution in [3.05, 3.63) is 102 Å². The molecule has 0 spiro atoms. The maximum Gasteiger partial charge on any atom is 0.345 e. The molecule has 3 aromatic heterocycles. The van der Waals surface area contributed by atoms with Gasteiger partial charge in [0.15, 0.2) is 0 Å². The topological polar surface area (TPSA) is 261 Å². The number of carbonyl (C=O) groups is 3. The van der Waals surface area contributed by atoms with E-state index in [1.54, 1.807) is 57.3 Å². The first kappa shape index (κ1) is 46.6. The summed E-state index contributed by atoms with van der Waals surface area (Å²) in [6.45, 7) is 0.689. The monoisotopic (exact) mass is 953 g/mol. The Morgan fingerprint density at radius 1 is 0.726 bits per heavy atom. The minimum atomic E-state index is -4.54. The predicted octanol–water partition coefficient (Wildman–Crippen LogP) is 4.89. The van der Waals surface area contributed by atoms with Crippen LogP contribution in [0.4, 0.5) is 17.2 Å². The molecule has 0 aliphatic carbocycles. The summed E-state index contributed by atoms with van der Waals surface area (Å²) in [5, 5.41) is 6.88. The third kappa shape index (κ3) is 14.9. The van der Waals surface area contributed by atoms with E-state index in [4.69, 9.17) is 4.74 Å². The number of hydrogen-bond donors (Lipinski definition) is 6. The molecule has 6 N–H and O–H groups in total. The van der Waals surface area contributed by atoms with Crippen LogP contribution in [0.25, 0.3) is 22.3 Å². The Hall–Kier alpha value is -4.85. The number of anilines is 3. The SMILES string of the molecule is O=C(CN1CCN(CP(=O)(O)O)CCC(CC(=O)OC(=O)c2ccnc(-c3ccccn3)c2)CCN(CP(=O)(O)O)CC1)Nc1ccc2c(Nc3ccc(Br)cc3)ncnc2c1. The van der Waals surface area contributed by atoms with Crippen molar-refractivity contribution in [2.75, 3.05) is 69.0 Å². The Balaban J connectivity index is 1.11. The van der Waals surface area contributed by atoms with Crippen molar-refractivity contribution in [2.24, 2.45) is 5.92 Å². The molecule has 1 fully saturated rings. The third-order valence-corrected chi connectivity index (χ3v) is 12.0. The number of esters is 2. The van der Waals surface area contributed by atoms with Gasteiger partial charge in [-0.05, 0) is 98.6 Å². The first-order chi connectivity index (χ1) is 29.5. The molecule has 5 aromatic rings. The summed E-state index contributed by atoms with van der Waals surface area (Å²) in [6, 6.07) is 20.9. The van der Waals surface area contributed by atoms with Crippen molar-refractivity contribution in [1.82, 2.24) is 34.6 Å². The van der Waals surface area contributed by atoms with E-state index < -0.39 is 51.5 Å².